The van der Waals surface area contributed by atoms with Crippen molar-refractivity contribution in [3.8, 4) is 0 Å². The number of rotatable bonds is 3. The van der Waals surface area contributed by atoms with Crippen LogP contribution in [0.1, 0.15) is 12.0 Å². The van der Waals surface area contributed by atoms with Gasteiger partial charge in [0.1, 0.15) is 6.04 Å². The predicted molar refractivity (Wildman–Crippen MR) is 72.5 cm³/mol. The molecule has 1 aromatic rings. The number of methoxy groups -OCH3 is 1. The summed E-state index contributed by atoms with van der Waals surface area (Å²) in [7, 11) is -1.00. The van der Waals surface area contributed by atoms with Crippen LogP contribution in [0.25, 0.3) is 0 Å². The second kappa shape index (κ2) is 5.12. The molecule has 0 radical (unpaired) electrons. The van der Waals surface area contributed by atoms with Gasteiger partial charge in [-0.15, -0.1) is 0 Å². The Kier molecular flexibility index (Phi) is 3.73. The first kappa shape index (κ1) is 13.1. The number of hydrogen-bond donors (Lipinski definition) is 0. The molecule has 1 heterocycles. The first-order chi connectivity index (χ1) is 8.54. The molecule has 98 valence electrons. The van der Waals surface area contributed by atoms with E-state index in [1.54, 1.807) is 4.31 Å². The Bertz CT molecular complexity index is 524. The lowest BCUT2D eigenvalue weighted by molar-refractivity contribution is -0.144. The molecule has 0 amide bonds. The predicted octanol–water partition coefficient (Wildman–Crippen LogP) is 1.07. The maximum absolute atomic E-state index is 12.4. The second-order valence-electron chi connectivity index (χ2n) is 4.37. The maximum Gasteiger partial charge on any atom is 0.324 e. The zero-order valence-corrected chi connectivity index (χ0v) is 11.2. The van der Waals surface area contributed by atoms with Gasteiger partial charge in [0.2, 0.25) is 0 Å². The van der Waals surface area contributed by atoms with Gasteiger partial charge in [0.25, 0.3) is 0 Å². The number of benzene rings is 1. The summed E-state index contributed by atoms with van der Waals surface area (Å²) in [5.41, 5.74) is 1.02. The zero-order valence-electron chi connectivity index (χ0n) is 10.4. The number of hydrogen-bond acceptors (Lipinski definition) is 3. The summed E-state index contributed by atoms with van der Waals surface area (Å²) in [5.74, 6) is 3.87. The molecule has 0 N–H and O–H groups in total. The van der Waals surface area contributed by atoms with Gasteiger partial charge in [0.15, 0.2) is 0 Å². The van der Waals surface area contributed by atoms with Crippen molar-refractivity contribution in [2.24, 2.45) is 0 Å². The minimum absolute atomic E-state index is 0.334. The average molecular weight is 267 g/mol. The highest BCUT2D eigenvalue weighted by atomic mass is 32.2. The molecule has 0 aromatic heterocycles. The zero-order chi connectivity index (χ0) is 13.2. The lowest BCUT2D eigenvalue weighted by atomic mass is 10.2. The topological polar surface area (TPSA) is 46.6 Å². The Hall–Kier alpha value is -1.33. The molecule has 5 heteroatoms. The third-order valence-electron chi connectivity index (χ3n) is 3.14. The van der Waals surface area contributed by atoms with E-state index >= 15 is 0 Å². The van der Waals surface area contributed by atoms with Crippen LogP contribution in [0.15, 0.2) is 30.3 Å². The van der Waals surface area contributed by atoms with Crippen LogP contribution in [0.4, 0.5) is 0 Å². The molecule has 1 fully saturated rings. The molecular formula is C13H17NO3S. The van der Waals surface area contributed by atoms with Crippen molar-refractivity contribution in [1.82, 2.24) is 4.31 Å². The van der Waals surface area contributed by atoms with Gasteiger partial charge in [-0.3, -0.25) is 9.00 Å². The third-order valence-corrected chi connectivity index (χ3v) is 5.25. The highest BCUT2D eigenvalue weighted by Gasteiger charge is 2.38. The first-order valence-electron chi connectivity index (χ1n) is 5.78. The van der Waals surface area contributed by atoms with Gasteiger partial charge in [-0.25, -0.2) is 4.31 Å². The molecule has 2 rings (SSSR count). The van der Waals surface area contributed by atoms with Crippen molar-refractivity contribution in [2.75, 3.05) is 12.9 Å². The molecule has 1 aliphatic heterocycles. The monoisotopic (exact) mass is 267 g/mol. The average Bonchev–Trinajstić information content (AvgIpc) is 2.66. The van der Waals surface area contributed by atoms with E-state index in [0.29, 0.717) is 18.7 Å². The summed E-state index contributed by atoms with van der Waals surface area (Å²) in [5, 5.41) is 0. The largest absolute Gasteiger partial charge is 0.468 e. The molecule has 1 aromatic carbocycles. The minimum Gasteiger partial charge on any atom is -0.468 e. The summed E-state index contributed by atoms with van der Waals surface area (Å²) in [6.07, 6.45) is 0.543. The minimum atomic E-state index is -2.36. The molecule has 0 bridgehead atoms. The molecule has 18 heavy (non-hydrogen) atoms. The number of carbonyl (C=O) groups excluding carboxylic acids is 1. The van der Waals surface area contributed by atoms with Crippen LogP contribution in [-0.4, -0.2) is 39.3 Å². The van der Waals surface area contributed by atoms with Gasteiger partial charge in [-0.05, 0) is 17.9 Å². The molecule has 0 spiro atoms. The quantitative estimate of drug-likeness (QED) is 0.608. The lowest BCUT2D eigenvalue weighted by Gasteiger charge is -2.23. The Labute approximate surface area is 108 Å². The van der Waals surface area contributed by atoms with Crippen molar-refractivity contribution >= 4 is 21.5 Å². The van der Waals surface area contributed by atoms with E-state index in [-0.39, 0.29) is 5.97 Å². The SMILES string of the molecule is C=S1(=O)CCC(C(=O)OC)N1Cc1ccccc1. The van der Waals surface area contributed by atoms with Crippen molar-refractivity contribution in [2.45, 2.75) is 19.0 Å². The number of ether oxygens (including phenoxy) is 1. The molecule has 2 atom stereocenters. The fourth-order valence-electron chi connectivity index (χ4n) is 2.15. The van der Waals surface area contributed by atoms with Crippen LogP contribution >= 0.6 is 0 Å². The van der Waals surface area contributed by atoms with Gasteiger partial charge >= 0.3 is 5.97 Å². The van der Waals surface area contributed by atoms with E-state index in [4.69, 9.17) is 4.74 Å². The van der Waals surface area contributed by atoms with E-state index in [2.05, 4.69) is 5.87 Å². The van der Waals surface area contributed by atoms with Gasteiger partial charge in [-0.1, -0.05) is 30.3 Å². The summed E-state index contributed by atoms with van der Waals surface area (Å²) >= 11 is 0. The van der Waals surface area contributed by atoms with E-state index in [1.165, 1.54) is 7.11 Å². The summed E-state index contributed by atoms with van der Waals surface area (Å²) in [6, 6.07) is 9.21. The van der Waals surface area contributed by atoms with E-state index in [9.17, 15) is 9.00 Å². The van der Waals surface area contributed by atoms with Crippen molar-refractivity contribution in [1.29, 1.82) is 0 Å². The van der Waals surface area contributed by atoms with Crippen LogP contribution < -0.4 is 0 Å². The van der Waals surface area contributed by atoms with Gasteiger partial charge < -0.3 is 4.74 Å². The van der Waals surface area contributed by atoms with Crippen LogP contribution in [0, 0.1) is 0 Å². The highest BCUT2D eigenvalue weighted by molar-refractivity contribution is 7.98. The van der Waals surface area contributed by atoms with Crippen molar-refractivity contribution in [3.05, 3.63) is 35.9 Å². The van der Waals surface area contributed by atoms with Gasteiger partial charge in [0, 0.05) is 22.0 Å². The maximum atomic E-state index is 12.4. The van der Waals surface area contributed by atoms with E-state index in [0.717, 1.165) is 5.56 Å². The Morgan fingerprint density at radius 3 is 2.78 bits per heavy atom. The Morgan fingerprint density at radius 1 is 1.50 bits per heavy atom. The van der Waals surface area contributed by atoms with E-state index in [1.807, 2.05) is 30.3 Å². The molecule has 0 aliphatic carbocycles. The molecule has 1 aliphatic rings. The number of carbonyl (C=O) groups is 1. The summed E-state index contributed by atoms with van der Waals surface area (Å²) in [4.78, 5) is 11.7. The second-order valence-corrected chi connectivity index (χ2v) is 6.79. The van der Waals surface area contributed by atoms with Gasteiger partial charge in [-0.2, -0.15) is 0 Å². The molecule has 4 nitrogen and oxygen atoms in total. The third kappa shape index (κ3) is 2.57. The normalized spacial score (nSPS) is 28.2. The van der Waals surface area contributed by atoms with Crippen molar-refractivity contribution < 1.29 is 13.7 Å². The lowest BCUT2D eigenvalue weighted by Crippen LogP contribution is -2.38. The highest BCUT2D eigenvalue weighted by Crippen LogP contribution is 2.24. The number of nitrogens with zero attached hydrogens (tertiary/aromatic N) is 1. The fourth-order valence-corrected chi connectivity index (χ4v) is 4.02. The molecule has 1 saturated heterocycles. The van der Waals surface area contributed by atoms with Gasteiger partial charge in [0.05, 0.1) is 7.11 Å². The summed E-state index contributed by atoms with van der Waals surface area (Å²) < 4.78 is 18.8. The first-order valence-corrected chi connectivity index (χ1v) is 7.63. The fraction of sp³-hybridized carbons (Fsp3) is 0.385. The van der Waals surface area contributed by atoms with E-state index < -0.39 is 15.7 Å². The van der Waals surface area contributed by atoms with Crippen molar-refractivity contribution in [3.63, 3.8) is 0 Å². The standard InChI is InChI=1S/C13H17NO3S/c1-17-13(15)12-8-9-18(2,16)14(12)10-11-6-4-3-5-7-11/h3-7,12H,2,8-10H2,1H3. The Balaban J connectivity index is 2.24. The van der Waals surface area contributed by atoms with Crippen LogP contribution in [0.3, 0.4) is 0 Å². The number of esters is 1. The Morgan fingerprint density at radius 2 is 2.17 bits per heavy atom. The molecule has 2 unspecified atom stereocenters. The van der Waals surface area contributed by atoms with Crippen LogP contribution in [0.2, 0.25) is 0 Å². The van der Waals surface area contributed by atoms with Crippen LogP contribution in [-0.2, 0) is 25.8 Å². The molecular weight excluding hydrogens is 250 g/mol. The van der Waals surface area contributed by atoms with Crippen LogP contribution in [0.5, 0.6) is 0 Å². The molecule has 0 saturated carbocycles. The smallest absolute Gasteiger partial charge is 0.324 e. The summed E-state index contributed by atoms with van der Waals surface area (Å²) in [6.45, 7) is 0.461.